The lowest BCUT2D eigenvalue weighted by atomic mass is 10.0. The van der Waals surface area contributed by atoms with Gasteiger partial charge in [0.2, 0.25) is 5.91 Å². The second-order valence-electron chi connectivity index (χ2n) is 5.52. The van der Waals surface area contributed by atoms with Crippen LogP contribution in [0.3, 0.4) is 0 Å². The van der Waals surface area contributed by atoms with Gasteiger partial charge in [0.15, 0.2) is 0 Å². The van der Waals surface area contributed by atoms with E-state index in [0.717, 1.165) is 0 Å². The zero-order chi connectivity index (χ0) is 16.7. The molecule has 2 unspecified atom stereocenters. The lowest BCUT2D eigenvalue weighted by Gasteiger charge is -2.21. The summed E-state index contributed by atoms with van der Waals surface area (Å²) in [5.41, 5.74) is 0.274. The summed E-state index contributed by atoms with van der Waals surface area (Å²) >= 11 is 0. The molecule has 0 aliphatic carbocycles. The third-order valence-electron chi connectivity index (χ3n) is 2.99. The Morgan fingerprint density at radius 1 is 1.18 bits per heavy atom. The summed E-state index contributed by atoms with van der Waals surface area (Å²) in [5, 5.41) is 13.9. The Morgan fingerprint density at radius 3 is 2.27 bits per heavy atom. The third kappa shape index (κ3) is 5.52. The minimum absolute atomic E-state index is 0.182. The summed E-state index contributed by atoms with van der Waals surface area (Å²) in [4.78, 5) is 24.3. The first-order valence-corrected chi connectivity index (χ1v) is 7.10. The topological polar surface area (TPSA) is 82.0 Å². The maximum Gasteiger partial charge on any atom is 0.251 e. The van der Waals surface area contributed by atoms with E-state index < -0.39 is 29.7 Å². The first-order chi connectivity index (χ1) is 10.3. The van der Waals surface area contributed by atoms with Crippen molar-refractivity contribution in [2.45, 2.75) is 39.3 Å². The van der Waals surface area contributed by atoms with Crippen LogP contribution in [0.4, 0.5) is 4.39 Å². The predicted octanol–water partition coefficient (Wildman–Crippen LogP) is 2.00. The Bertz CT molecular complexity index is 564. The van der Waals surface area contributed by atoms with Gasteiger partial charge in [0, 0.05) is 5.56 Å². The number of carbonyl (C=O) groups excluding carboxylic acids is 2. The molecule has 0 radical (unpaired) electrons. The summed E-state index contributed by atoms with van der Waals surface area (Å²) in [6, 6.07) is 5.61. The van der Waals surface area contributed by atoms with Crippen LogP contribution in [0.15, 0.2) is 24.3 Å². The molecule has 2 amide bonds. The molecule has 1 rings (SSSR count). The van der Waals surface area contributed by atoms with Crippen molar-refractivity contribution in [3.63, 3.8) is 0 Å². The fourth-order valence-corrected chi connectivity index (χ4v) is 1.89. The number of rotatable bonds is 6. The predicted molar refractivity (Wildman–Crippen MR) is 80.3 cm³/mol. The number of halogens is 1. The summed E-state index contributed by atoms with van der Waals surface area (Å²) in [7, 11) is 0. The lowest BCUT2D eigenvalue weighted by Crippen LogP contribution is -2.49. The van der Waals surface area contributed by atoms with Crippen molar-refractivity contribution in [2.75, 3.05) is 0 Å². The van der Waals surface area contributed by atoms with Gasteiger partial charge in [0.1, 0.15) is 17.9 Å². The van der Waals surface area contributed by atoms with Crippen molar-refractivity contribution in [2.24, 2.45) is 5.92 Å². The molecule has 0 saturated carbocycles. The zero-order valence-electron chi connectivity index (χ0n) is 12.9. The number of nitrogens with one attached hydrogen (secondary N) is 2. The Balaban J connectivity index is 2.80. The first-order valence-electron chi connectivity index (χ1n) is 7.10. The molecule has 0 heterocycles. The normalized spacial score (nSPS) is 13.1. The van der Waals surface area contributed by atoms with Gasteiger partial charge in [0.25, 0.3) is 5.91 Å². The van der Waals surface area contributed by atoms with E-state index in [0.29, 0.717) is 6.42 Å². The van der Waals surface area contributed by atoms with Crippen molar-refractivity contribution in [3.8, 4) is 6.07 Å². The first kappa shape index (κ1) is 17.6. The zero-order valence-corrected chi connectivity index (χ0v) is 12.9. The van der Waals surface area contributed by atoms with E-state index in [1.165, 1.54) is 24.3 Å². The molecule has 6 heteroatoms. The van der Waals surface area contributed by atoms with Gasteiger partial charge in [-0.1, -0.05) is 13.8 Å². The molecule has 0 aromatic heterocycles. The third-order valence-corrected chi connectivity index (χ3v) is 2.99. The maximum absolute atomic E-state index is 12.9. The number of amides is 2. The van der Waals surface area contributed by atoms with Crippen LogP contribution in [0.25, 0.3) is 0 Å². The van der Waals surface area contributed by atoms with Crippen LogP contribution in [-0.2, 0) is 4.79 Å². The molecule has 22 heavy (non-hydrogen) atoms. The second-order valence-corrected chi connectivity index (χ2v) is 5.52. The fraction of sp³-hybridized carbons (Fsp3) is 0.438. The van der Waals surface area contributed by atoms with E-state index in [4.69, 9.17) is 5.26 Å². The van der Waals surface area contributed by atoms with Crippen molar-refractivity contribution in [1.29, 1.82) is 5.26 Å². The monoisotopic (exact) mass is 305 g/mol. The molecule has 0 bridgehead atoms. The minimum Gasteiger partial charge on any atom is -0.340 e. The molecular weight excluding hydrogens is 285 g/mol. The molecule has 0 fully saturated rings. The minimum atomic E-state index is -0.742. The van der Waals surface area contributed by atoms with Crippen LogP contribution < -0.4 is 10.6 Å². The van der Waals surface area contributed by atoms with Crippen LogP contribution in [0.1, 0.15) is 37.6 Å². The van der Waals surface area contributed by atoms with E-state index >= 15 is 0 Å². The van der Waals surface area contributed by atoms with E-state index in [2.05, 4.69) is 10.6 Å². The number of hydrogen-bond acceptors (Lipinski definition) is 3. The van der Waals surface area contributed by atoms with Crippen LogP contribution in [0.2, 0.25) is 0 Å². The summed E-state index contributed by atoms with van der Waals surface area (Å²) in [5.74, 6) is -1.11. The molecule has 1 aromatic carbocycles. The standard InChI is InChI=1S/C16H20FN3O2/c1-10(2)8-14(16(22)19-11(3)9-18)20-15(21)12-4-6-13(17)7-5-12/h4-7,10-11,14H,8H2,1-3H3,(H,19,22)(H,20,21). The van der Waals surface area contributed by atoms with Gasteiger partial charge in [-0.2, -0.15) is 5.26 Å². The van der Waals surface area contributed by atoms with Crippen molar-refractivity contribution < 1.29 is 14.0 Å². The Labute approximate surface area is 129 Å². The van der Waals surface area contributed by atoms with Gasteiger partial charge >= 0.3 is 0 Å². The highest BCUT2D eigenvalue weighted by Gasteiger charge is 2.23. The molecule has 5 nitrogen and oxygen atoms in total. The lowest BCUT2D eigenvalue weighted by molar-refractivity contribution is -0.123. The van der Waals surface area contributed by atoms with E-state index in [9.17, 15) is 14.0 Å². The van der Waals surface area contributed by atoms with Gasteiger partial charge in [-0.05, 0) is 43.5 Å². The van der Waals surface area contributed by atoms with Gasteiger partial charge in [-0.3, -0.25) is 9.59 Å². The van der Waals surface area contributed by atoms with Gasteiger partial charge < -0.3 is 10.6 Å². The van der Waals surface area contributed by atoms with Gasteiger partial charge in [-0.25, -0.2) is 4.39 Å². The Morgan fingerprint density at radius 2 is 1.77 bits per heavy atom. The Hall–Kier alpha value is -2.42. The molecule has 0 aliphatic rings. The number of hydrogen-bond donors (Lipinski definition) is 2. The second kappa shape index (κ2) is 8.13. The van der Waals surface area contributed by atoms with Crippen LogP contribution in [0.5, 0.6) is 0 Å². The van der Waals surface area contributed by atoms with Crippen molar-refractivity contribution in [3.05, 3.63) is 35.6 Å². The molecule has 1 aromatic rings. The molecule has 2 atom stereocenters. The molecule has 2 N–H and O–H groups in total. The number of nitrogens with zero attached hydrogens (tertiary/aromatic N) is 1. The highest BCUT2D eigenvalue weighted by molar-refractivity contribution is 5.97. The fourth-order valence-electron chi connectivity index (χ4n) is 1.89. The van der Waals surface area contributed by atoms with Crippen LogP contribution in [0, 0.1) is 23.1 Å². The number of nitriles is 1. The van der Waals surface area contributed by atoms with Crippen LogP contribution >= 0.6 is 0 Å². The maximum atomic E-state index is 12.9. The SMILES string of the molecule is CC(C)CC(NC(=O)c1ccc(F)cc1)C(=O)NC(C)C#N. The number of benzene rings is 1. The van der Waals surface area contributed by atoms with Gasteiger partial charge in [0.05, 0.1) is 6.07 Å². The highest BCUT2D eigenvalue weighted by atomic mass is 19.1. The van der Waals surface area contributed by atoms with Gasteiger partial charge in [-0.15, -0.1) is 0 Å². The molecule has 0 saturated heterocycles. The molecule has 118 valence electrons. The smallest absolute Gasteiger partial charge is 0.251 e. The molecule has 0 aliphatic heterocycles. The largest absolute Gasteiger partial charge is 0.340 e. The summed E-state index contributed by atoms with van der Waals surface area (Å²) in [6.45, 7) is 5.42. The van der Waals surface area contributed by atoms with Crippen molar-refractivity contribution in [1.82, 2.24) is 10.6 Å². The highest BCUT2D eigenvalue weighted by Crippen LogP contribution is 2.08. The summed E-state index contributed by atoms with van der Waals surface area (Å²) < 4.78 is 12.9. The Kier molecular flexibility index (Phi) is 6.51. The van der Waals surface area contributed by atoms with E-state index in [-0.39, 0.29) is 11.5 Å². The average molecular weight is 305 g/mol. The number of carbonyl (C=O) groups is 2. The average Bonchev–Trinajstić information content (AvgIpc) is 2.46. The summed E-state index contributed by atoms with van der Waals surface area (Å²) in [6.07, 6.45) is 0.441. The van der Waals surface area contributed by atoms with Crippen molar-refractivity contribution >= 4 is 11.8 Å². The molecular formula is C16H20FN3O2. The quantitative estimate of drug-likeness (QED) is 0.843. The van der Waals surface area contributed by atoms with Crippen LogP contribution in [-0.4, -0.2) is 23.9 Å². The van der Waals surface area contributed by atoms with E-state index in [1.54, 1.807) is 6.92 Å². The van der Waals surface area contributed by atoms with E-state index in [1.807, 2.05) is 19.9 Å². The molecule has 0 spiro atoms.